The molecule has 1 aromatic carbocycles. The molecule has 3 aliphatic rings. The summed E-state index contributed by atoms with van der Waals surface area (Å²) < 4.78 is 5.57. The number of hydrogen-bond donors (Lipinski definition) is 0. The highest BCUT2D eigenvalue weighted by Crippen LogP contribution is 2.36. The zero-order valence-corrected chi connectivity index (χ0v) is 18.9. The Morgan fingerprint density at radius 1 is 0.871 bits per heavy atom. The fourth-order valence-electron chi connectivity index (χ4n) is 5.03. The molecular formula is C25H35N3O3. The van der Waals surface area contributed by atoms with Crippen LogP contribution in [-0.4, -0.2) is 72.4 Å². The van der Waals surface area contributed by atoms with Gasteiger partial charge in [-0.2, -0.15) is 0 Å². The topological polar surface area (TPSA) is 53.1 Å². The molecule has 0 radical (unpaired) electrons. The fourth-order valence-corrected chi connectivity index (χ4v) is 5.03. The Labute approximate surface area is 185 Å². The van der Waals surface area contributed by atoms with Crippen LogP contribution in [0.25, 0.3) is 5.57 Å². The van der Waals surface area contributed by atoms with E-state index in [4.69, 9.17) is 4.74 Å². The molecule has 0 bridgehead atoms. The van der Waals surface area contributed by atoms with Crippen molar-refractivity contribution in [3.8, 4) is 5.75 Å². The number of nitrogens with zero attached hydrogens (tertiary/aromatic N) is 3. The second-order valence-electron chi connectivity index (χ2n) is 8.95. The molecule has 0 N–H and O–H groups in total. The predicted molar refractivity (Wildman–Crippen MR) is 122 cm³/mol. The largest absolute Gasteiger partial charge is 0.494 e. The Bertz CT molecular complexity index is 817. The van der Waals surface area contributed by atoms with Crippen molar-refractivity contribution < 1.29 is 14.3 Å². The minimum atomic E-state index is -0.117. The number of piperazine rings is 1. The van der Waals surface area contributed by atoms with Gasteiger partial charge in [0.2, 0.25) is 0 Å². The quantitative estimate of drug-likeness (QED) is 0.676. The molecule has 4 rings (SSSR count). The number of carbonyl (C=O) groups excluding carboxylic acids is 2. The van der Waals surface area contributed by atoms with E-state index >= 15 is 0 Å². The SMILES string of the molecule is CCOc1ccc(C2=C(N3CCN(C)CC3)C(=O)N(C3CCCCCCC3)C2=O)cc1. The van der Waals surface area contributed by atoms with Gasteiger partial charge in [0.15, 0.2) is 0 Å². The highest BCUT2D eigenvalue weighted by Gasteiger charge is 2.44. The summed E-state index contributed by atoms with van der Waals surface area (Å²) in [5.74, 6) is 0.569. The average molecular weight is 426 g/mol. The molecule has 2 aliphatic heterocycles. The summed E-state index contributed by atoms with van der Waals surface area (Å²) in [6.07, 6.45) is 7.66. The lowest BCUT2D eigenvalue weighted by atomic mass is 9.95. The van der Waals surface area contributed by atoms with Gasteiger partial charge < -0.3 is 14.5 Å². The molecule has 0 atom stereocenters. The molecule has 1 aliphatic carbocycles. The van der Waals surface area contributed by atoms with Crippen molar-refractivity contribution >= 4 is 17.4 Å². The van der Waals surface area contributed by atoms with Gasteiger partial charge >= 0.3 is 0 Å². The van der Waals surface area contributed by atoms with Crippen molar-refractivity contribution in [2.45, 2.75) is 57.9 Å². The molecule has 31 heavy (non-hydrogen) atoms. The van der Waals surface area contributed by atoms with Crippen LogP contribution in [-0.2, 0) is 9.59 Å². The molecule has 6 nitrogen and oxygen atoms in total. The standard InChI is InChI=1S/C25H35N3O3/c1-3-31-21-13-11-19(12-14-21)22-23(27-17-15-26(2)16-18-27)25(30)28(24(22)29)20-9-7-5-4-6-8-10-20/h11-14,20H,3-10,15-18H2,1-2H3. The Hall–Kier alpha value is -2.34. The summed E-state index contributed by atoms with van der Waals surface area (Å²) in [5.41, 5.74) is 1.98. The summed E-state index contributed by atoms with van der Waals surface area (Å²) in [6, 6.07) is 7.64. The van der Waals surface area contributed by atoms with Crippen molar-refractivity contribution in [2.24, 2.45) is 0 Å². The lowest BCUT2D eigenvalue weighted by molar-refractivity contribution is -0.140. The predicted octanol–water partition coefficient (Wildman–Crippen LogP) is 3.53. The van der Waals surface area contributed by atoms with Gasteiger partial charge in [-0.05, 0) is 44.5 Å². The zero-order chi connectivity index (χ0) is 21.8. The van der Waals surface area contributed by atoms with Crippen molar-refractivity contribution in [1.82, 2.24) is 14.7 Å². The summed E-state index contributed by atoms with van der Waals surface area (Å²) >= 11 is 0. The summed E-state index contributed by atoms with van der Waals surface area (Å²) in [6.45, 7) is 5.87. The van der Waals surface area contributed by atoms with Crippen molar-refractivity contribution in [2.75, 3.05) is 39.8 Å². The summed E-state index contributed by atoms with van der Waals surface area (Å²) in [7, 11) is 2.10. The molecule has 1 saturated heterocycles. The van der Waals surface area contributed by atoms with E-state index in [1.807, 2.05) is 31.2 Å². The van der Waals surface area contributed by atoms with E-state index in [0.29, 0.717) is 17.9 Å². The molecule has 2 heterocycles. The molecule has 0 aromatic heterocycles. The maximum atomic E-state index is 13.7. The van der Waals surface area contributed by atoms with Crippen molar-refractivity contribution in [3.63, 3.8) is 0 Å². The fraction of sp³-hybridized carbons (Fsp3) is 0.600. The first-order chi connectivity index (χ1) is 15.1. The monoisotopic (exact) mass is 425 g/mol. The number of carbonyl (C=O) groups is 2. The van der Waals surface area contributed by atoms with Crippen LogP contribution in [0.5, 0.6) is 5.75 Å². The lowest BCUT2D eigenvalue weighted by Gasteiger charge is -2.35. The molecule has 2 amide bonds. The third kappa shape index (κ3) is 4.64. The second kappa shape index (κ2) is 9.86. The minimum absolute atomic E-state index is 0.0166. The van der Waals surface area contributed by atoms with Gasteiger partial charge in [-0.15, -0.1) is 0 Å². The molecule has 0 unspecified atom stereocenters. The molecule has 2 fully saturated rings. The van der Waals surface area contributed by atoms with Crippen LogP contribution in [0.2, 0.25) is 0 Å². The smallest absolute Gasteiger partial charge is 0.278 e. The summed E-state index contributed by atoms with van der Waals surface area (Å²) in [4.78, 5) is 33.4. The highest BCUT2D eigenvalue weighted by atomic mass is 16.5. The number of hydrogen-bond acceptors (Lipinski definition) is 5. The van der Waals surface area contributed by atoms with Crippen LogP contribution in [0.4, 0.5) is 0 Å². The van der Waals surface area contributed by atoms with Gasteiger partial charge in [0.25, 0.3) is 11.8 Å². The number of benzene rings is 1. The van der Waals surface area contributed by atoms with Gasteiger partial charge in [0.05, 0.1) is 12.2 Å². The van der Waals surface area contributed by atoms with E-state index in [-0.39, 0.29) is 17.9 Å². The highest BCUT2D eigenvalue weighted by molar-refractivity contribution is 6.35. The molecule has 0 spiro atoms. The van der Waals surface area contributed by atoms with Gasteiger partial charge in [-0.1, -0.05) is 44.2 Å². The van der Waals surface area contributed by atoms with E-state index in [1.54, 1.807) is 4.90 Å². The Morgan fingerprint density at radius 2 is 1.48 bits per heavy atom. The van der Waals surface area contributed by atoms with Gasteiger partial charge in [-0.3, -0.25) is 14.5 Å². The third-order valence-electron chi connectivity index (χ3n) is 6.80. The molecule has 1 saturated carbocycles. The number of imide groups is 1. The minimum Gasteiger partial charge on any atom is -0.494 e. The van der Waals surface area contributed by atoms with Gasteiger partial charge in [-0.25, -0.2) is 0 Å². The second-order valence-corrected chi connectivity index (χ2v) is 8.95. The van der Waals surface area contributed by atoms with Gasteiger partial charge in [0, 0.05) is 32.2 Å². The van der Waals surface area contributed by atoms with Crippen LogP contribution in [0, 0.1) is 0 Å². The van der Waals surface area contributed by atoms with Crippen LogP contribution in [0.15, 0.2) is 30.0 Å². The zero-order valence-electron chi connectivity index (χ0n) is 18.9. The number of likely N-dealkylation sites (N-methyl/N-ethyl adjacent to an activating group) is 1. The number of rotatable bonds is 5. The van der Waals surface area contributed by atoms with E-state index in [1.165, 1.54) is 19.3 Å². The number of ether oxygens (including phenoxy) is 1. The summed E-state index contributed by atoms with van der Waals surface area (Å²) in [5, 5.41) is 0. The Morgan fingerprint density at radius 3 is 2.10 bits per heavy atom. The molecule has 1 aromatic rings. The van der Waals surface area contributed by atoms with E-state index in [0.717, 1.165) is 63.2 Å². The lowest BCUT2D eigenvalue weighted by Crippen LogP contribution is -2.47. The van der Waals surface area contributed by atoms with Crippen LogP contribution in [0.1, 0.15) is 57.4 Å². The van der Waals surface area contributed by atoms with Crippen LogP contribution < -0.4 is 4.74 Å². The first-order valence-corrected chi connectivity index (χ1v) is 11.9. The first kappa shape index (κ1) is 21.9. The van der Waals surface area contributed by atoms with Crippen molar-refractivity contribution in [3.05, 3.63) is 35.5 Å². The van der Waals surface area contributed by atoms with E-state index in [9.17, 15) is 9.59 Å². The Kier molecular flexibility index (Phi) is 6.96. The average Bonchev–Trinajstić information content (AvgIpc) is 3.00. The maximum absolute atomic E-state index is 13.7. The van der Waals surface area contributed by atoms with E-state index < -0.39 is 0 Å². The maximum Gasteiger partial charge on any atom is 0.278 e. The molecule has 6 heteroatoms. The Balaban J connectivity index is 1.68. The van der Waals surface area contributed by atoms with Crippen LogP contribution >= 0.6 is 0 Å². The molecular weight excluding hydrogens is 390 g/mol. The van der Waals surface area contributed by atoms with Gasteiger partial charge in [0.1, 0.15) is 11.4 Å². The third-order valence-corrected chi connectivity index (χ3v) is 6.80. The first-order valence-electron chi connectivity index (χ1n) is 11.9. The molecule has 168 valence electrons. The van der Waals surface area contributed by atoms with E-state index in [2.05, 4.69) is 16.8 Å². The van der Waals surface area contributed by atoms with Crippen LogP contribution in [0.3, 0.4) is 0 Å². The number of amides is 2. The van der Waals surface area contributed by atoms with Crippen molar-refractivity contribution in [1.29, 1.82) is 0 Å². The normalized spacial score (nSPS) is 22.1.